The van der Waals surface area contributed by atoms with Gasteiger partial charge in [-0.1, -0.05) is 30.3 Å². The molecule has 0 amide bonds. The Morgan fingerprint density at radius 3 is 2.55 bits per heavy atom. The van der Waals surface area contributed by atoms with Gasteiger partial charge in [-0.25, -0.2) is 0 Å². The molecule has 0 saturated carbocycles. The highest BCUT2D eigenvalue weighted by Gasteiger charge is 2.60. The van der Waals surface area contributed by atoms with Gasteiger partial charge in [0.15, 0.2) is 5.78 Å². The number of rotatable bonds is 0. The third-order valence-electron chi connectivity index (χ3n) is 3.29. The molecule has 6 heteroatoms. The Balaban J connectivity index is 2.24. The van der Waals surface area contributed by atoms with Crippen LogP contribution in [0.1, 0.15) is 16.8 Å². The molecule has 0 aromatic heterocycles. The van der Waals surface area contributed by atoms with E-state index in [1.165, 1.54) is 6.07 Å². The van der Waals surface area contributed by atoms with Gasteiger partial charge in [-0.3, -0.25) is 4.79 Å². The molecule has 0 spiro atoms. The Labute approximate surface area is 111 Å². The van der Waals surface area contributed by atoms with E-state index in [1.807, 2.05) is 0 Å². The van der Waals surface area contributed by atoms with Gasteiger partial charge >= 0.3 is 12.0 Å². The van der Waals surface area contributed by atoms with Crippen molar-refractivity contribution >= 4 is 16.6 Å². The van der Waals surface area contributed by atoms with Crippen molar-refractivity contribution in [2.75, 3.05) is 0 Å². The Bertz CT molecular complexity index is 708. The normalized spacial score (nSPS) is 22.5. The van der Waals surface area contributed by atoms with Crippen LogP contribution >= 0.6 is 0 Å². The standard InChI is InChI=1S/C14H9F3O3/c15-14(16,17)13(19)7-11(18)10-6-5-8-3-1-2-4-9(8)12(10)20-13/h1-6,19H,7H2/t13-/m1/s1. The zero-order valence-corrected chi connectivity index (χ0v) is 10.1. The van der Waals surface area contributed by atoms with Gasteiger partial charge in [0, 0.05) is 5.39 Å². The summed E-state index contributed by atoms with van der Waals surface area (Å²) in [5, 5.41) is 10.6. The van der Waals surface area contributed by atoms with Crippen molar-refractivity contribution in [2.24, 2.45) is 0 Å². The topological polar surface area (TPSA) is 46.5 Å². The van der Waals surface area contributed by atoms with Crippen molar-refractivity contribution in [1.29, 1.82) is 0 Å². The fraction of sp³-hybridized carbons (Fsp3) is 0.214. The van der Waals surface area contributed by atoms with E-state index in [1.54, 1.807) is 30.3 Å². The van der Waals surface area contributed by atoms with Gasteiger partial charge in [0.05, 0.1) is 12.0 Å². The summed E-state index contributed by atoms with van der Waals surface area (Å²) < 4.78 is 43.4. The van der Waals surface area contributed by atoms with Crippen LogP contribution in [0.2, 0.25) is 0 Å². The molecule has 0 saturated heterocycles. The smallest absolute Gasteiger partial charge is 0.451 e. The van der Waals surface area contributed by atoms with Gasteiger partial charge in [0.1, 0.15) is 5.75 Å². The van der Waals surface area contributed by atoms with Crippen LogP contribution < -0.4 is 4.74 Å². The molecule has 1 N–H and O–H groups in total. The Kier molecular flexibility index (Phi) is 2.56. The lowest BCUT2D eigenvalue weighted by Gasteiger charge is -2.34. The number of carbonyl (C=O) groups is 1. The van der Waals surface area contributed by atoms with E-state index >= 15 is 0 Å². The average Bonchev–Trinajstić information content (AvgIpc) is 2.37. The molecular formula is C14H9F3O3. The maximum Gasteiger partial charge on any atom is 0.455 e. The number of fused-ring (bicyclic) bond motifs is 3. The van der Waals surface area contributed by atoms with Crippen LogP contribution in [0.4, 0.5) is 13.2 Å². The van der Waals surface area contributed by atoms with Crippen molar-refractivity contribution in [2.45, 2.75) is 18.4 Å². The van der Waals surface area contributed by atoms with Crippen LogP contribution in [0.3, 0.4) is 0 Å². The first-order chi connectivity index (χ1) is 9.32. The Hall–Kier alpha value is -2.08. The summed E-state index contributed by atoms with van der Waals surface area (Å²) in [7, 11) is 0. The quantitative estimate of drug-likeness (QED) is 0.807. The molecule has 2 aromatic carbocycles. The number of hydrogen-bond donors (Lipinski definition) is 1. The van der Waals surface area contributed by atoms with Crippen LogP contribution in [0.5, 0.6) is 5.75 Å². The summed E-state index contributed by atoms with van der Waals surface area (Å²) >= 11 is 0. The molecule has 0 fully saturated rings. The highest BCUT2D eigenvalue weighted by molar-refractivity contribution is 6.06. The van der Waals surface area contributed by atoms with E-state index in [9.17, 15) is 23.1 Å². The number of aliphatic hydroxyl groups is 1. The van der Waals surface area contributed by atoms with Crippen molar-refractivity contribution in [3.8, 4) is 5.75 Å². The molecule has 3 rings (SSSR count). The second kappa shape index (κ2) is 3.96. The van der Waals surface area contributed by atoms with Gasteiger partial charge in [-0.2, -0.15) is 13.2 Å². The fourth-order valence-corrected chi connectivity index (χ4v) is 2.25. The highest BCUT2D eigenvalue weighted by Crippen LogP contribution is 2.44. The van der Waals surface area contributed by atoms with E-state index in [2.05, 4.69) is 0 Å². The van der Waals surface area contributed by atoms with E-state index in [0.29, 0.717) is 10.8 Å². The molecule has 1 aliphatic heterocycles. The molecule has 2 aromatic rings. The predicted molar refractivity (Wildman–Crippen MR) is 64.5 cm³/mol. The molecule has 104 valence electrons. The third-order valence-corrected chi connectivity index (χ3v) is 3.29. The van der Waals surface area contributed by atoms with Crippen LogP contribution in [-0.4, -0.2) is 22.9 Å². The Morgan fingerprint density at radius 1 is 1.15 bits per heavy atom. The number of ketones is 1. The first-order valence-corrected chi connectivity index (χ1v) is 5.85. The molecule has 0 aliphatic carbocycles. The second-order valence-corrected chi connectivity index (χ2v) is 4.65. The summed E-state index contributed by atoms with van der Waals surface area (Å²) in [6, 6.07) is 9.62. The van der Waals surface area contributed by atoms with Gasteiger partial charge in [-0.05, 0) is 11.5 Å². The van der Waals surface area contributed by atoms with Gasteiger partial charge in [0.2, 0.25) is 0 Å². The first-order valence-electron chi connectivity index (χ1n) is 5.85. The number of ether oxygens (including phenoxy) is 1. The summed E-state index contributed by atoms with van der Waals surface area (Å²) in [6.45, 7) is 0. The average molecular weight is 282 g/mol. The molecule has 20 heavy (non-hydrogen) atoms. The minimum Gasteiger partial charge on any atom is -0.451 e. The minimum absolute atomic E-state index is 0.0534. The maximum atomic E-state index is 12.9. The van der Waals surface area contributed by atoms with Crippen molar-refractivity contribution in [3.63, 3.8) is 0 Å². The molecule has 3 nitrogen and oxygen atoms in total. The lowest BCUT2D eigenvalue weighted by atomic mass is 9.95. The second-order valence-electron chi connectivity index (χ2n) is 4.65. The van der Waals surface area contributed by atoms with Crippen molar-refractivity contribution in [3.05, 3.63) is 42.0 Å². The number of benzene rings is 2. The number of hydrogen-bond acceptors (Lipinski definition) is 3. The number of alkyl halides is 3. The Morgan fingerprint density at radius 2 is 1.85 bits per heavy atom. The first kappa shape index (κ1) is 12.9. The number of halogens is 3. The third kappa shape index (κ3) is 1.76. The lowest BCUT2D eigenvalue weighted by molar-refractivity contribution is -0.334. The molecular weight excluding hydrogens is 273 g/mol. The van der Waals surface area contributed by atoms with Crippen LogP contribution in [0, 0.1) is 0 Å². The highest BCUT2D eigenvalue weighted by atomic mass is 19.4. The minimum atomic E-state index is -5.04. The molecule has 1 atom stereocenters. The zero-order chi connectivity index (χ0) is 14.5. The fourth-order valence-electron chi connectivity index (χ4n) is 2.25. The van der Waals surface area contributed by atoms with Gasteiger partial charge in [0.25, 0.3) is 0 Å². The van der Waals surface area contributed by atoms with E-state index in [-0.39, 0.29) is 11.3 Å². The molecule has 1 heterocycles. The lowest BCUT2D eigenvalue weighted by Crippen LogP contribution is -2.53. The van der Waals surface area contributed by atoms with Gasteiger partial charge in [-0.15, -0.1) is 0 Å². The molecule has 0 radical (unpaired) electrons. The van der Waals surface area contributed by atoms with Crippen LogP contribution in [0.15, 0.2) is 36.4 Å². The van der Waals surface area contributed by atoms with E-state index < -0.39 is 24.2 Å². The van der Waals surface area contributed by atoms with Crippen LogP contribution in [-0.2, 0) is 0 Å². The molecule has 0 bridgehead atoms. The number of Topliss-reactive ketones (excluding diaryl/α,β-unsaturated/α-hetero) is 1. The number of carbonyl (C=O) groups excluding carboxylic acids is 1. The summed E-state index contributed by atoms with van der Waals surface area (Å²) in [6.07, 6.45) is -6.18. The summed E-state index contributed by atoms with van der Waals surface area (Å²) in [4.78, 5) is 11.9. The predicted octanol–water partition coefficient (Wildman–Crippen LogP) is 3.06. The van der Waals surface area contributed by atoms with Gasteiger partial charge < -0.3 is 9.84 Å². The molecule has 0 unspecified atom stereocenters. The van der Waals surface area contributed by atoms with Crippen molar-refractivity contribution < 1.29 is 27.8 Å². The molecule has 1 aliphatic rings. The monoisotopic (exact) mass is 282 g/mol. The maximum absolute atomic E-state index is 12.9. The van der Waals surface area contributed by atoms with E-state index in [4.69, 9.17) is 4.74 Å². The van der Waals surface area contributed by atoms with Crippen molar-refractivity contribution in [1.82, 2.24) is 0 Å². The zero-order valence-electron chi connectivity index (χ0n) is 10.1. The SMILES string of the molecule is O=C1C[C@](O)(C(F)(F)F)Oc2c1ccc1ccccc21. The summed E-state index contributed by atoms with van der Waals surface area (Å²) in [5.74, 6) is -4.49. The van der Waals surface area contributed by atoms with E-state index in [0.717, 1.165) is 0 Å². The summed E-state index contributed by atoms with van der Waals surface area (Å²) in [5.41, 5.74) is 0.0534. The largest absolute Gasteiger partial charge is 0.455 e. The van der Waals surface area contributed by atoms with Crippen LogP contribution in [0.25, 0.3) is 10.8 Å².